The van der Waals surface area contributed by atoms with Crippen LogP contribution in [-0.2, 0) is 14.4 Å². The maximum atomic E-state index is 12.3. The average Bonchev–Trinajstić information content (AvgIpc) is 2.93. The van der Waals surface area contributed by atoms with Crippen LogP contribution in [0.25, 0.3) is 0 Å². The molecule has 2 fully saturated rings. The van der Waals surface area contributed by atoms with Gasteiger partial charge in [-0.2, -0.15) is 13.2 Å². The topological polar surface area (TPSA) is 77.9 Å². The van der Waals surface area contributed by atoms with Crippen LogP contribution in [0.4, 0.5) is 13.2 Å². The number of aliphatic carboxylic acids is 1. The van der Waals surface area contributed by atoms with Gasteiger partial charge in [-0.1, -0.05) is 0 Å². The summed E-state index contributed by atoms with van der Waals surface area (Å²) in [5.74, 6) is -2.98. The fourth-order valence-electron chi connectivity index (χ4n) is 2.89. The van der Waals surface area contributed by atoms with Gasteiger partial charge in [0.2, 0.25) is 11.8 Å². The molecule has 2 heterocycles. The third-order valence-corrected chi connectivity index (χ3v) is 4.24. The summed E-state index contributed by atoms with van der Waals surface area (Å²) in [6.45, 7) is 0.162. The van der Waals surface area contributed by atoms with Crippen LogP contribution in [0.15, 0.2) is 0 Å². The zero-order valence-corrected chi connectivity index (χ0v) is 12.0. The number of rotatable bonds is 3. The molecule has 0 aromatic heterocycles. The van der Waals surface area contributed by atoms with Gasteiger partial charge in [0.15, 0.2) is 0 Å². The standard InChI is InChI=1S/C13H17F3N2O4/c1-12(11(21)22)2-3-17(6-12)10(20)8-4-9(19)18(5-8)7-13(14,15)16/h8H,2-7H2,1H3,(H,21,22)/t8-,12+/m1/s1. The summed E-state index contributed by atoms with van der Waals surface area (Å²) in [6, 6.07) is 0. The summed E-state index contributed by atoms with van der Waals surface area (Å²) in [5, 5.41) is 9.12. The predicted octanol–water partition coefficient (Wildman–Crippen LogP) is 0.720. The molecule has 0 unspecified atom stereocenters. The van der Waals surface area contributed by atoms with E-state index in [0.29, 0.717) is 11.3 Å². The largest absolute Gasteiger partial charge is 0.481 e. The number of halogens is 3. The molecule has 0 aromatic rings. The van der Waals surface area contributed by atoms with Crippen molar-refractivity contribution >= 4 is 17.8 Å². The Balaban J connectivity index is 1.98. The first-order valence-electron chi connectivity index (χ1n) is 6.88. The van der Waals surface area contributed by atoms with E-state index in [2.05, 4.69) is 0 Å². The number of carboxylic acid groups (broad SMARTS) is 1. The number of carbonyl (C=O) groups is 3. The quantitative estimate of drug-likeness (QED) is 0.830. The van der Waals surface area contributed by atoms with E-state index < -0.39 is 41.8 Å². The van der Waals surface area contributed by atoms with E-state index in [9.17, 15) is 27.6 Å². The smallest absolute Gasteiger partial charge is 0.406 e. The lowest BCUT2D eigenvalue weighted by atomic mass is 9.90. The Hall–Kier alpha value is -1.80. The van der Waals surface area contributed by atoms with Gasteiger partial charge >= 0.3 is 12.1 Å². The average molecular weight is 322 g/mol. The van der Waals surface area contributed by atoms with Gasteiger partial charge < -0.3 is 14.9 Å². The molecule has 0 saturated carbocycles. The summed E-state index contributed by atoms with van der Waals surface area (Å²) in [4.78, 5) is 37.0. The van der Waals surface area contributed by atoms with Crippen molar-refractivity contribution in [2.45, 2.75) is 25.9 Å². The van der Waals surface area contributed by atoms with Crippen molar-refractivity contribution in [3.63, 3.8) is 0 Å². The van der Waals surface area contributed by atoms with Crippen molar-refractivity contribution in [1.29, 1.82) is 0 Å². The third kappa shape index (κ3) is 3.33. The summed E-state index contributed by atoms with van der Waals surface area (Å²) in [6.07, 6.45) is -4.46. The van der Waals surface area contributed by atoms with Crippen LogP contribution in [0.5, 0.6) is 0 Å². The zero-order chi connectivity index (χ0) is 16.7. The Morgan fingerprint density at radius 3 is 2.55 bits per heavy atom. The van der Waals surface area contributed by atoms with E-state index in [4.69, 9.17) is 5.11 Å². The molecule has 0 aromatic carbocycles. The molecule has 2 rings (SSSR count). The van der Waals surface area contributed by atoms with Gasteiger partial charge in [0, 0.05) is 26.1 Å². The number of hydrogen-bond acceptors (Lipinski definition) is 3. The number of likely N-dealkylation sites (tertiary alicyclic amines) is 2. The van der Waals surface area contributed by atoms with Crippen LogP contribution < -0.4 is 0 Å². The van der Waals surface area contributed by atoms with Crippen LogP contribution >= 0.6 is 0 Å². The van der Waals surface area contributed by atoms with Gasteiger partial charge in [0.05, 0.1) is 11.3 Å². The maximum absolute atomic E-state index is 12.3. The molecular weight excluding hydrogens is 305 g/mol. The lowest BCUT2D eigenvalue weighted by Gasteiger charge is -2.23. The van der Waals surface area contributed by atoms with Crippen molar-refractivity contribution in [3.8, 4) is 0 Å². The number of alkyl halides is 3. The Bertz CT molecular complexity index is 508. The van der Waals surface area contributed by atoms with Gasteiger partial charge in [-0.15, -0.1) is 0 Å². The van der Waals surface area contributed by atoms with Crippen molar-refractivity contribution in [2.24, 2.45) is 11.3 Å². The molecule has 0 bridgehead atoms. The molecule has 124 valence electrons. The van der Waals surface area contributed by atoms with Crippen LogP contribution in [0.3, 0.4) is 0 Å². The summed E-state index contributed by atoms with van der Waals surface area (Å²) in [7, 11) is 0. The van der Waals surface area contributed by atoms with Gasteiger partial charge in [-0.05, 0) is 13.3 Å². The Kier molecular flexibility index (Phi) is 4.09. The number of carboxylic acids is 1. The molecule has 2 aliphatic rings. The van der Waals surface area contributed by atoms with Crippen molar-refractivity contribution in [2.75, 3.05) is 26.2 Å². The van der Waals surface area contributed by atoms with Crippen molar-refractivity contribution in [3.05, 3.63) is 0 Å². The second kappa shape index (κ2) is 5.44. The number of carbonyl (C=O) groups excluding carboxylic acids is 2. The summed E-state index contributed by atoms with van der Waals surface area (Å²) in [5.41, 5.74) is -1.04. The minimum absolute atomic E-state index is 0.0190. The highest BCUT2D eigenvalue weighted by Gasteiger charge is 2.46. The van der Waals surface area contributed by atoms with Gasteiger partial charge in [0.1, 0.15) is 6.54 Å². The number of hydrogen-bond donors (Lipinski definition) is 1. The first-order chi connectivity index (χ1) is 10.0. The molecule has 0 spiro atoms. The van der Waals surface area contributed by atoms with E-state index in [-0.39, 0.29) is 26.1 Å². The lowest BCUT2D eigenvalue weighted by molar-refractivity contribution is -0.157. The fourth-order valence-corrected chi connectivity index (χ4v) is 2.89. The molecule has 2 atom stereocenters. The molecule has 2 amide bonds. The minimum Gasteiger partial charge on any atom is -0.481 e. The molecule has 6 nitrogen and oxygen atoms in total. The summed E-state index contributed by atoms with van der Waals surface area (Å²) >= 11 is 0. The van der Waals surface area contributed by atoms with E-state index in [1.807, 2.05) is 0 Å². The Labute approximate surface area is 124 Å². The van der Waals surface area contributed by atoms with E-state index >= 15 is 0 Å². The van der Waals surface area contributed by atoms with Crippen LogP contribution in [0, 0.1) is 11.3 Å². The summed E-state index contributed by atoms with van der Waals surface area (Å²) < 4.78 is 37.0. The molecular formula is C13H17F3N2O4. The monoisotopic (exact) mass is 322 g/mol. The second-order valence-electron chi connectivity index (χ2n) is 6.17. The number of nitrogens with zero attached hydrogens (tertiary/aromatic N) is 2. The third-order valence-electron chi connectivity index (χ3n) is 4.24. The first kappa shape index (κ1) is 16.6. The molecule has 0 radical (unpaired) electrons. The van der Waals surface area contributed by atoms with E-state index in [1.54, 1.807) is 0 Å². The molecule has 2 aliphatic heterocycles. The highest BCUT2D eigenvalue weighted by molar-refractivity contribution is 5.90. The van der Waals surface area contributed by atoms with E-state index in [0.717, 1.165) is 0 Å². The maximum Gasteiger partial charge on any atom is 0.406 e. The van der Waals surface area contributed by atoms with Crippen LogP contribution in [0.1, 0.15) is 19.8 Å². The van der Waals surface area contributed by atoms with Gasteiger partial charge in [0.25, 0.3) is 0 Å². The SMILES string of the molecule is C[C@]1(C(=O)O)CCN(C(=O)[C@@H]2CC(=O)N(CC(F)(F)F)C2)C1. The molecule has 9 heteroatoms. The van der Waals surface area contributed by atoms with Crippen molar-refractivity contribution < 1.29 is 32.7 Å². The second-order valence-corrected chi connectivity index (χ2v) is 6.17. The minimum atomic E-state index is -4.50. The zero-order valence-electron chi connectivity index (χ0n) is 12.0. The lowest BCUT2D eigenvalue weighted by Crippen LogP contribution is -2.40. The molecule has 2 saturated heterocycles. The molecule has 22 heavy (non-hydrogen) atoms. The van der Waals surface area contributed by atoms with E-state index in [1.165, 1.54) is 11.8 Å². The Morgan fingerprint density at radius 1 is 1.41 bits per heavy atom. The molecule has 1 N–H and O–H groups in total. The van der Waals surface area contributed by atoms with Crippen LogP contribution in [0.2, 0.25) is 0 Å². The fraction of sp³-hybridized carbons (Fsp3) is 0.769. The first-order valence-corrected chi connectivity index (χ1v) is 6.88. The molecule has 0 aliphatic carbocycles. The highest BCUT2D eigenvalue weighted by atomic mass is 19.4. The normalized spacial score (nSPS) is 29.3. The van der Waals surface area contributed by atoms with Crippen molar-refractivity contribution in [1.82, 2.24) is 9.80 Å². The van der Waals surface area contributed by atoms with Gasteiger partial charge in [-0.3, -0.25) is 14.4 Å². The Morgan fingerprint density at radius 2 is 2.05 bits per heavy atom. The predicted molar refractivity (Wildman–Crippen MR) is 67.7 cm³/mol. The van der Waals surface area contributed by atoms with Gasteiger partial charge in [-0.25, -0.2) is 0 Å². The van der Waals surface area contributed by atoms with Crippen LogP contribution in [-0.4, -0.2) is 65.0 Å². The highest BCUT2D eigenvalue weighted by Crippen LogP contribution is 2.32. The number of amides is 2.